The fraction of sp³-hybridized carbons (Fsp3) is 0.103. The Balaban J connectivity index is 1.48. The average Bonchev–Trinajstić information content (AvgIpc) is 2.88. The van der Waals surface area contributed by atoms with E-state index in [2.05, 4.69) is 5.32 Å². The molecule has 0 aromatic heterocycles. The third kappa shape index (κ3) is 6.77. The molecule has 0 fully saturated rings. The summed E-state index contributed by atoms with van der Waals surface area (Å²) < 4.78 is 26.8. The zero-order valence-corrected chi connectivity index (χ0v) is 20.0. The maximum Gasteiger partial charge on any atom is 0.258 e. The molecule has 182 valence electrons. The molecule has 0 bridgehead atoms. The average molecular weight is 505 g/mol. The van der Waals surface area contributed by atoms with Gasteiger partial charge in [-0.05, 0) is 77.4 Å². The first-order valence-electron chi connectivity index (χ1n) is 11.3. The second-order valence-electron chi connectivity index (χ2n) is 8.27. The first kappa shape index (κ1) is 25.1. The number of carbonyl (C=O) groups excluding carboxylic acids is 2. The minimum Gasteiger partial charge on any atom is -0.352 e. The Hall–Kier alpha value is -4.03. The van der Waals surface area contributed by atoms with E-state index in [0.29, 0.717) is 28.4 Å². The summed E-state index contributed by atoms with van der Waals surface area (Å²) in [6.45, 7) is 0.463. The Morgan fingerprint density at radius 1 is 0.750 bits per heavy atom. The normalized spacial score (nSPS) is 10.6. The predicted octanol–water partition coefficient (Wildman–Crippen LogP) is 6.32. The third-order valence-electron chi connectivity index (χ3n) is 5.58. The van der Waals surface area contributed by atoms with Gasteiger partial charge in [-0.15, -0.1) is 0 Å². The van der Waals surface area contributed by atoms with Crippen molar-refractivity contribution in [3.63, 3.8) is 0 Å². The lowest BCUT2D eigenvalue weighted by Gasteiger charge is -2.23. The van der Waals surface area contributed by atoms with Gasteiger partial charge in [0, 0.05) is 22.8 Å². The molecule has 0 unspecified atom stereocenters. The number of carbonyl (C=O) groups is 2. The summed E-state index contributed by atoms with van der Waals surface area (Å²) in [6.07, 6.45) is 0.149. The molecule has 0 heterocycles. The topological polar surface area (TPSA) is 49.4 Å². The molecule has 0 aliphatic carbocycles. The van der Waals surface area contributed by atoms with Gasteiger partial charge in [-0.1, -0.05) is 48.0 Å². The first-order valence-corrected chi connectivity index (χ1v) is 11.7. The first-order chi connectivity index (χ1) is 17.4. The van der Waals surface area contributed by atoms with Crippen LogP contribution in [0.5, 0.6) is 0 Å². The number of anilines is 1. The second-order valence-corrected chi connectivity index (χ2v) is 8.71. The van der Waals surface area contributed by atoms with Crippen molar-refractivity contribution in [3.8, 4) is 0 Å². The number of nitrogens with zero attached hydrogens (tertiary/aromatic N) is 1. The van der Waals surface area contributed by atoms with E-state index in [-0.39, 0.29) is 36.4 Å². The van der Waals surface area contributed by atoms with E-state index in [1.165, 1.54) is 24.3 Å². The molecule has 4 rings (SSSR count). The molecule has 4 nitrogen and oxygen atoms in total. The van der Waals surface area contributed by atoms with Crippen LogP contribution in [-0.2, 0) is 24.3 Å². The Labute approximate surface area is 213 Å². The highest BCUT2D eigenvalue weighted by Crippen LogP contribution is 2.22. The SMILES string of the molecule is O=C(Cc1ccc(N(Cc2cccc(F)c2)C(=O)c2ccc(Cl)cc2)cc1)NCc1ccc(F)cc1. The maximum atomic E-state index is 13.8. The number of rotatable bonds is 8. The second kappa shape index (κ2) is 11.6. The fourth-order valence-corrected chi connectivity index (χ4v) is 3.82. The Kier molecular flexibility index (Phi) is 8.08. The van der Waals surface area contributed by atoms with Gasteiger partial charge in [0.2, 0.25) is 5.91 Å². The molecule has 4 aromatic rings. The summed E-state index contributed by atoms with van der Waals surface area (Å²) in [6, 6.07) is 25.7. The highest BCUT2D eigenvalue weighted by atomic mass is 35.5. The van der Waals surface area contributed by atoms with Crippen molar-refractivity contribution in [1.82, 2.24) is 5.32 Å². The lowest BCUT2D eigenvalue weighted by molar-refractivity contribution is -0.120. The Morgan fingerprint density at radius 2 is 1.42 bits per heavy atom. The smallest absolute Gasteiger partial charge is 0.258 e. The van der Waals surface area contributed by atoms with E-state index < -0.39 is 0 Å². The molecule has 4 aromatic carbocycles. The Bertz CT molecular complexity index is 1340. The highest BCUT2D eigenvalue weighted by Gasteiger charge is 2.19. The van der Waals surface area contributed by atoms with Crippen LogP contribution in [0.25, 0.3) is 0 Å². The number of halogens is 3. The molecule has 0 saturated heterocycles. The van der Waals surface area contributed by atoms with E-state index in [9.17, 15) is 18.4 Å². The molecule has 1 N–H and O–H groups in total. The van der Waals surface area contributed by atoms with E-state index in [4.69, 9.17) is 11.6 Å². The minimum atomic E-state index is -0.381. The molecule has 0 atom stereocenters. The van der Waals surface area contributed by atoms with E-state index in [0.717, 1.165) is 11.1 Å². The highest BCUT2D eigenvalue weighted by molar-refractivity contribution is 6.30. The van der Waals surface area contributed by atoms with Crippen molar-refractivity contribution in [1.29, 1.82) is 0 Å². The molecule has 36 heavy (non-hydrogen) atoms. The van der Waals surface area contributed by atoms with Crippen molar-refractivity contribution in [2.45, 2.75) is 19.5 Å². The van der Waals surface area contributed by atoms with Gasteiger partial charge in [0.25, 0.3) is 5.91 Å². The molecule has 2 amide bonds. The number of nitrogens with one attached hydrogen (secondary N) is 1. The molecule has 0 aliphatic rings. The van der Waals surface area contributed by atoms with Crippen molar-refractivity contribution < 1.29 is 18.4 Å². The van der Waals surface area contributed by atoms with Crippen LogP contribution in [0.2, 0.25) is 5.02 Å². The van der Waals surface area contributed by atoms with Crippen LogP contribution in [0.4, 0.5) is 14.5 Å². The zero-order valence-electron chi connectivity index (χ0n) is 19.3. The van der Waals surface area contributed by atoms with Crippen molar-refractivity contribution >= 4 is 29.1 Å². The number of hydrogen-bond acceptors (Lipinski definition) is 2. The molecular formula is C29H23ClF2N2O2. The summed E-state index contributed by atoms with van der Waals surface area (Å²) >= 11 is 5.97. The Morgan fingerprint density at radius 3 is 2.08 bits per heavy atom. The third-order valence-corrected chi connectivity index (χ3v) is 5.83. The van der Waals surface area contributed by atoms with Gasteiger partial charge in [-0.2, -0.15) is 0 Å². The molecular weight excluding hydrogens is 482 g/mol. The lowest BCUT2D eigenvalue weighted by atomic mass is 10.1. The van der Waals surface area contributed by atoms with Crippen LogP contribution in [-0.4, -0.2) is 11.8 Å². The van der Waals surface area contributed by atoms with Crippen LogP contribution >= 0.6 is 11.6 Å². The van der Waals surface area contributed by atoms with Crippen LogP contribution < -0.4 is 10.2 Å². The number of amides is 2. The van der Waals surface area contributed by atoms with Crippen molar-refractivity contribution in [2.75, 3.05) is 4.90 Å². The van der Waals surface area contributed by atoms with Gasteiger partial charge in [0.05, 0.1) is 13.0 Å². The van der Waals surface area contributed by atoms with Crippen LogP contribution in [0.1, 0.15) is 27.0 Å². The van der Waals surface area contributed by atoms with Gasteiger partial charge < -0.3 is 10.2 Å². The zero-order chi connectivity index (χ0) is 25.5. The van der Waals surface area contributed by atoms with Crippen molar-refractivity contribution in [3.05, 3.63) is 136 Å². The monoisotopic (exact) mass is 504 g/mol. The number of benzene rings is 4. The van der Waals surface area contributed by atoms with E-state index in [1.807, 2.05) is 0 Å². The summed E-state index contributed by atoms with van der Waals surface area (Å²) in [5.41, 5.74) is 3.25. The summed E-state index contributed by atoms with van der Waals surface area (Å²) in [4.78, 5) is 27.3. The predicted molar refractivity (Wildman–Crippen MR) is 137 cm³/mol. The fourth-order valence-electron chi connectivity index (χ4n) is 3.69. The number of hydrogen-bond donors (Lipinski definition) is 1. The standard InChI is InChI=1S/C29H23ClF2N2O2/c30-24-10-8-23(9-11-24)29(36)34(19-22-2-1-3-26(32)16-22)27-14-6-20(7-15-27)17-28(35)33-18-21-4-12-25(31)13-5-21/h1-16H,17-19H2,(H,33,35). The quantitative estimate of drug-likeness (QED) is 0.305. The van der Waals surface area contributed by atoms with Gasteiger partial charge in [0.1, 0.15) is 11.6 Å². The molecule has 0 spiro atoms. The maximum absolute atomic E-state index is 13.8. The lowest BCUT2D eigenvalue weighted by Crippen LogP contribution is -2.30. The summed E-state index contributed by atoms with van der Waals surface area (Å²) in [5.74, 6) is -1.15. The van der Waals surface area contributed by atoms with Gasteiger partial charge in [0.15, 0.2) is 0 Å². The van der Waals surface area contributed by atoms with Gasteiger partial charge >= 0.3 is 0 Å². The molecule has 0 saturated carbocycles. The van der Waals surface area contributed by atoms with E-state index >= 15 is 0 Å². The molecule has 7 heteroatoms. The molecule has 0 aliphatic heterocycles. The minimum absolute atomic E-state index is 0.149. The largest absolute Gasteiger partial charge is 0.352 e. The van der Waals surface area contributed by atoms with Gasteiger partial charge in [-0.3, -0.25) is 9.59 Å². The van der Waals surface area contributed by atoms with Crippen LogP contribution in [0.3, 0.4) is 0 Å². The van der Waals surface area contributed by atoms with E-state index in [1.54, 1.807) is 77.7 Å². The van der Waals surface area contributed by atoms with Crippen LogP contribution in [0.15, 0.2) is 97.1 Å². The molecule has 0 radical (unpaired) electrons. The van der Waals surface area contributed by atoms with Gasteiger partial charge in [-0.25, -0.2) is 8.78 Å². The summed E-state index contributed by atoms with van der Waals surface area (Å²) in [7, 11) is 0. The summed E-state index contributed by atoms with van der Waals surface area (Å²) in [5, 5.41) is 3.33. The van der Waals surface area contributed by atoms with Crippen molar-refractivity contribution in [2.24, 2.45) is 0 Å². The van der Waals surface area contributed by atoms with Crippen LogP contribution in [0, 0.1) is 11.6 Å².